The monoisotopic (exact) mass is 502 g/mol. The van der Waals surface area contributed by atoms with E-state index in [0.29, 0.717) is 37.6 Å². The first-order chi connectivity index (χ1) is 14.7. The van der Waals surface area contributed by atoms with Crippen molar-refractivity contribution in [2.45, 2.75) is 58.7 Å². The molecule has 0 radical (unpaired) electrons. The predicted octanol–water partition coefficient (Wildman–Crippen LogP) is 6.56. The second-order valence-electron chi connectivity index (χ2n) is 7.34. The van der Waals surface area contributed by atoms with Crippen LogP contribution in [0.1, 0.15) is 44.7 Å². The van der Waals surface area contributed by atoms with Crippen LogP contribution < -0.4 is 5.32 Å². The number of carbonyl (C=O) groups excluding carboxylic acids is 2. The van der Waals surface area contributed by atoms with Crippen LogP contribution in [-0.4, -0.2) is 28.8 Å². The van der Waals surface area contributed by atoms with Gasteiger partial charge in [0.25, 0.3) is 0 Å². The third kappa shape index (κ3) is 6.76. The number of hydrogen-bond acceptors (Lipinski definition) is 2. The Hall–Kier alpha value is -1.46. The standard InChI is InChI=1S/C23H26Cl4N2O2/c1-4-14(3)28-23(31)21(5-2)29(13-16-19(26)10-7-11-20(16)27)22(30)12-15-17(24)8-6-9-18(15)25/h6-11,14,21H,4-5,12-13H2,1-3H3,(H,28,31). The van der Waals surface area contributed by atoms with Crippen LogP contribution in [0.2, 0.25) is 20.1 Å². The van der Waals surface area contributed by atoms with Crippen molar-refractivity contribution in [3.8, 4) is 0 Å². The van der Waals surface area contributed by atoms with Gasteiger partial charge < -0.3 is 10.2 Å². The lowest BCUT2D eigenvalue weighted by Gasteiger charge is -2.32. The Morgan fingerprint density at radius 3 is 1.81 bits per heavy atom. The van der Waals surface area contributed by atoms with Gasteiger partial charge >= 0.3 is 0 Å². The fourth-order valence-corrected chi connectivity index (χ4v) is 4.22. The van der Waals surface area contributed by atoms with Gasteiger partial charge in [0.1, 0.15) is 6.04 Å². The van der Waals surface area contributed by atoms with Crippen LogP contribution in [0.5, 0.6) is 0 Å². The lowest BCUT2D eigenvalue weighted by Crippen LogP contribution is -2.51. The van der Waals surface area contributed by atoms with E-state index in [9.17, 15) is 9.59 Å². The molecule has 2 amide bonds. The van der Waals surface area contributed by atoms with E-state index in [0.717, 1.165) is 6.42 Å². The van der Waals surface area contributed by atoms with E-state index in [1.54, 1.807) is 36.4 Å². The molecule has 0 saturated heterocycles. The van der Waals surface area contributed by atoms with E-state index in [1.807, 2.05) is 20.8 Å². The molecule has 2 rings (SSSR count). The maximum absolute atomic E-state index is 13.4. The Morgan fingerprint density at radius 2 is 1.35 bits per heavy atom. The van der Waals surface area contributed by atoms with Crippen molar-refractivity contribution in [3.05, 3.63) is 67.6 Å². The molecule has 0 fully saturated rings. The second kappa shape index (κ2) is 12.0. The van der Waals surface area contributed by atoms with Crippen molar-refractivity contribution in [1.82, 2.24) is 10.2 Å². The number of halogens is 4. The van der Waals surface area contributed by atoms with Crippen LogP contribution in [0.15, 0.2) is 36.4 Å². The van der Waals surface area contributed by atoms with Crippen molar-refractivity contribution < 1.29 is 9.59 Å². The zero-order valence-corrected chi connectivity index (χ0v) is 20.7. The molecule has 0 saturated carbocycles. The Morgan fingerprint density at radius 1 is 0.871 bits per heavy atom. The van der Waals surface area contributed by atoms with Gasteiger partial charge in [0.05, 0.1) is 6.42 Å². The molecular formula is C23H26Cl4N2O2. The summed E-state index contributed by atoms with van der Waals surface area (Å²) in [6, 6.07) is 9.50. The Balaban J connectivity index is 2.43. The predicted molar refractivity (Wildman–Crippen MR) is 129 cm³/mol. The highest BCUT2D eigenvalue weighted by atomic mass is 35.5. The van der Waals surface area contributed by atoms with E-state index >= 15 is 0 Å². The van der Waals surface area contributed by atoms with Crippen molar-refractivity contribution in [2.75, 3.05) is 0 Å². The molecule has 2 aromatic carbocycles. The number of rotatable bonds is 9. The van der Waals surface area contributed by atoms with E-state index < -0.39 is 6.04 Å². The van der Waals surface area contributed by atoms with E-state index in [4.69, 9.17) is 46.4 Å². The fraction of sp³-hybridized carbons (Fsp3) is 0.391. The molecule has 1 N–H and O–H groups in total. The average molecular weight is 504 g/mol. The quantitative estimate of drug-likeness (QED) is 0.421. The van der Waals surface area contributed by atoms with Crippen molar-refractivity contribution in [1.29, 1.82) is 0 Å². The third-order valence-corrected chi connectivity index (χ3v) is 6.58. The molecule has 2 aromatic rings. The smallest absolute Gasteiger partial charge is 0.243 e. The summed E-state index contributed by atoms with van der Waals surface area (Å²) in [5, 5.41) is 4.62. The number of amides is 2. The van der Waals surface area contributed by atoms with Crippen LogP contribution in [0, 0.1) is 0 Å². The molecule has 168 valence electrons. The Labute approximate surface area is 203 Å². The fourth-order valence-electron chi connectivity index (χ4n) is 3.17. The zero-order valence-electron chi connectivity index (χ0n) is 17.7. The largest absolute Gasteiger partial charge is 0.352 e. The molecule has 2 atom stereocenters. The molecule has 8 heteroatoms. The third-order valence-electron chi connectivity index (χ3n) is 5.17. The number of benzene rings is 2. The molecule has 0 bridgehead atoms. The number of carbonyl (C=O) groups is 2. The van der Waals surface area contributed by atoms with Crippen LogP contribution in [0.4, 0.5) is 0 Å². The number of nitrogens with one attached hydrogen (secondary N) is 1. The molecule has 0 aliphatic carbocycles. The van der Waals surface area contributed by atoms with Crippen molar-refractivity contribution in [2.24, 2.45) is 0 Å². The molecule has 0 aliphatic heterocycles. The molecule has 31 heavy (non-hydrogen) atoms. The van der Waals surface area contributed by atoms with Crippen molar-refractivity contribution >= 4 is 58.2 Å². The van der Waals surface area contributed by atoms with Gasteiger partial charge in [0.2, 0.25) is 11.8 Å². The van der Waals surface area contributed by atoms with Gasteiger partial charge in [-0.3, -0.25) is 9.59 Å². The Kier molecular flexibility index (Phi) is 9.95. The summed E-state index contributed by atoms with van der Waals surface area (Å²) >= 11 is 25.3. The van der Waals surface area contributed by atoms with Gasteiger partial charge in [0, 0.05) is 38.2 Å². The van der Waals surface area contributed by atoms with Gasteiger partial charge in [-0.05, 0) is 49.6 Å². The SMILES string of the molecule is CCC(C)NC(=O)C(CC)N(Cc1c(Cl)cccc1Cl)C(=O)Cc1c(Cl)cccc1Cl. The number of nitrogens with zero attached hydrogens (tertiary/aromatic N) is 1. The highest BCUT2D eigenvalue weighted by Crippen LogP contribution is 2.29. The van der Waals surface area contributed by atoms with Gasteiger partial charge in [-0.15, -0.1) is 0 Å². The molecule has 0 aliphatic rings. The molecule has 0 aromatic heterocycles. The summed E-state index contributed by atoms with van der Waals surface area (Å²) in [6.07, 6.45) is 1.15. The highest BCUT2D eigenvalue weighted by Gasteiger charge is 2.31. The van der Waals surface area contributed by atoms with Crippen LogP contribution in [0.25, 0.3) is 0 Å². The molecule has 2 unspecified atom stereocenters. The topological polar surface area (TPSA) is 49.4 Å². The summed E-state index contributed by atoms with van der Waals surface area (Å²) in [4.78, 5) is 28.0. The van der Waals surface area contributed by atoms with Crippen molar-refractivity contribution in [3.63, 3.8) is 0 Å². The zero-order chi connectivity index (χ0) is 23.1. The van der Waals surface area contributed by atoms with E-state index in [2.05, 4.69) is 5.32 Å². The second-order valence-corrected chi connectivity index (χ2v) is 8.97. The summed E-state index contributed by atoms with van der Waals surface area (Å²) in [5.74, 6) is -0.518. The van der Waals surface area contributed by atoms with E-state index in [1.165, 1.54) is 4.90 Å². The minimum absolute atomic E-state index is 0.0135. The normalized spacial score (nSPS) is 12.9. The minimum Gasteiger partial charge on any atom is -0.352 e. The van der Waals surface area contributed by atoms with Gasteiger partial charge in [-0.1, -0.05) is 72.4 Å². The lowest BCUT2D eigenvalue weighted by atomic mass is 10.1. The molecule has 0 heterocycles. The van der Waals surface area contributed by atoms with Crippen LogP contribution in [-0.2, 0) is 22.6 Å². The first-order valence-electron chi connectivity index (χ1n) is 10.1. The molecule has 4 nitrogen and oxygen atoms in total. The van der Waals surface area contributed by atoms with E-state index in [-0.39, 0.29) is 30.8 Å². The van der Waals surface area contributed by atoms with Gasteiger partial charge in [0.15, 0.2) is 0 Å². The highest BCUT2D eigenvalue weighted by molar-refractivity contribution is 6.36. The lowest BCUT2D eigenvalue weighted by molar-refractivity contribution is -0.141. The summed E-state index contributed by atoms with van der Waals surface area (Å²) < 4.78 is 0. The van der Waals surface area contributed by atoms with Crippen LogP contribution >= 0.6 is 46.4 Å². The maximum Gasteiger partial charge on any atom is 0.243 e. The molecular weight excluding hydrogens is 478 g/mol. The molecule has 0 spiro atoms. The summed E-state index contributed by atoms with van der Waals surface area (Å²) in [6.45, 7) is 5.85. The first kappa shape index (κ1) is 25.8. The Bertz CT molecular complexity index is 895. The minimum atomic E-state index is -0.699. The maximum atomic E-state index is 13.4. The first-order valence-corrected chi connectivity index (χ1v) is 11.7. The summed E-state index contributed by atoms with van der Waals surface area (Å²) in [7, 11) is 0. The van der Waals surface area contributed by atoms with Crippen LogP contribution in [0.3, 0.4) is 0 Å². The number of hydrogen-bond donors (Lipinski definition) is 1. The average Bonchev–Trinajstić information content (AvgIpc) is 2.72. The summed E-state index contributed by atoms with van der Waals surface area (Å²) in [5.41, 5.74) is 1.10. The van der Waals surface area contributed by atoms with Gasteiger partial charge in [-0.2, -0.15) is 0 Å². The van der Waals surface area contributed by atoms with Gasteiger partial charge in [-0.25, -0.2) is 0 Å².